The van der Waals surface area contributed by atoms with Crippen LogP contribution in [0.2, 0.25) is 5.02 Å². The lowest BCUT2D eigenvalue weighted by Gasteiger charge is -2.11. The van der Waals surface area contributed by atoms with Crippen molar-refractivity contribution in [1.82, 2.24) is 0 Å². The third kappa shape index (κ3) is 5.79. The van der Waals surface area contributed by atoms with Gasteiger partial charge < -0.3 is 9.47 Å². The molecular weight excluding hydrogens is 374 g/mol. The number of hydrogen-bond acceptors (Lipinski definition) is 6. The molecule has 7 nitrogen and oxygen atoms in total. The molecule has 0 spiro atoms. The molecule has 0 saturated carbocycles. The van der Waals surface area contributed by atoms with Gasteiger partial charge in [0.25, 0.3) is 5.69 Å². The number of carbonyl (C=O) groups excluding carboxylic acids is 2. The molecule has 0 amide bonds. The molecule has 0 atom stereocenters. The van der Waals surface area contributed by atoms with Gasteiger partial charge in [0, 0.05) is 22.7 Å². The van der Waals surface area contributed by atoms with E-state index in [1.165, 1.54) is 30.3 Å². The number of unbranched alkanes of at least 4 members (excludes halogenated alkanes) is 1. The van der Waals surface area contributed by atoms with Crippen molar-refractivity contribution in [2.45, 2.75) is 19.8 Å². The first-order valence-corrected chi connectivity index (χ1v) is 8.67. The first kappa shape index (κ1) is 20.4. The number of carbonyl (C=O) groups is 2. The van der Waals surface area contributed by atoms with Crippen LogP contribution >= 0.6 is 11.6 Å². The highest BCUT2D eigenvalue weighted by Crippen LogP contribution is 2.24. The predicted octanol–water partition coefficient (Wildman–Crippen LogP) is 4.47. The standard InChI is InChI=1S/C19H18ClNO6/c1-2-3-10-26-18-9-6-14(20)11-16(18)19(23)27-12-17(22)13-4-7-15(8-5-13)21(24)25/h4-9,11H,2-3,10,12H2,1H3. The summed E-state index contributed by atoms with van der Waals surface area (Å²) < 4.78 is 10.6. The van der Waals surface area contributed by atoms with Crippen molar-refractivity contribution in [3.05, 3.63) is 68.7 Å². The molecule has 0 radical (unpaired) electrons. The largest absolute Gasteiger partial charge is 0.493 e. The Hall–Kier alpha value is -2.93. The van der Waals surface area contributed by atoms with Gasteiger partial charge in [0.15, 0.2) is 12.4 Å². The van der Waals surface area contributed by atoms with Crippen LogP contribution in [-0.4, -0.2) is 29.9 Å². The van der Waals surface area contributed by atoms with Crippen molar-refractivity contribution in [2.24, 2.45) is 0 Å². The molecule has 0 aliphatic heterocycles. The third-order valence-electron chi connectivity index (χ3n) is 3.65. The molecule has 2 aromatic carbocycles. The molecule has 0 saturated heterocycles. The van der Waals surface area contributed by atoms with Crippen LogP contribution in [0.4, 0.5) is 5.69 Å². The van der Waals surface area contributed by atoms with E-state index >= 15 is 0 Å². The summed E-state index contributed by atoms with van der Waals surface area (Å²) >= 11 is 5.94. The monoisotopic (exact) mass is 391 g/mol. The minimum atomic E-state index is -0.737. The van der Waals surface area contributed by atoms with Gasteiger partial charge in [-0.15, -0.1) is 0 Å². The third-order valence-corrected chi connectivity index (χ3v) is 3.89. The molecule has 0 aliphatic carbocycles. The van der Waals surface area contributed by atoms with E-state index in [-0.39, 0.29) is 16.8 Å². The summed E-state index contributed by atoms with van der Waals surface area (Å²) in [6.45, 7) is 1.96. The van der Waals surface area contributed by atoms with E-state index in [9.17, 15) is 19.7 Å². The highest BCUT2D eigenvalue weighted by atomic mass is 35.5. The average Bonchev–Trinajstić information content (AvgIpc) is 2.67. The Morgan fingerprint density at radius 1 is 1.15 bits per heavy atom. The first-order valence-electron chi connectivity index (χ1n) is 8.29. The Morgan fingerprint density at radius 3 is 2.48 bits per heavy atom. The maximum absolute atomic E-state index is 12.3. The van der Waals surface area contributed by atoms with E-state index in [0.717, 1.165) is 12.8 Å². The summed E-state index contributed by atoms with van der Waals surface area (Å²) in [6, 6.07) is 9.65. The maximum Gasteiger partial charge on any atom is 0.342 e. The fourth-order valence-corrected chi connectivity index (χ4v) is 2.35. The SMILES string of the molecule is CCCCOc1ccc(Cl)cc1C(=O)OCC(=O)c1ccc([N+](=O)[O-])cc1. The molecule has 142 valence electrons. The van der Waals surface area contributed by atoms with E-state index in [2.05, 4.69) is 0 Å². The molecule has 2 rings (SSSR count). The van der Waals surface area contributed by atoms with E-state index in [1.807, 2.05) is 6.92 Å². The number of ketones is 1. The van der Waals surface area contributed by atoms with Crippen LogP contribution < -0.4 is 4.74 Å². The van der Waals surface area contributed by atoms with E-state index < -0.39 is 23.3 Å². The number of Topliss-reactive ketones (excluding diaryl/α,β-unsaturated/α-hetero) is 1. The second-order valence-electron chi connectivity index (χ2n) is 5.65. The van der Waals surface area contributed by atoms with Crippen LogP contribution in [0, 0.1) is 10.1 Å². The molecule has 2 aromatic rings. The highest BCUT2D eigenvalue weighted by Gasteiger charge is 2.17. The zero-order chi connectivity index (χ0) is 19.8. The zero-order valence-electron chi connectivity index (χ0n) is 14.6. The Bertz CT molecular complexity index is 835. The number of halogens is 1. The van der Waals surface area contributed by atoms with E-state index in [4.69, 9.17) is 21.1 Å². The van der Waals surface area contributed by atoms with Gasteiger partial charge in [-0.2, -0.15) is 0 Å². The summed E-state index contributed by atoms with van der Waals surface area (Å²) in [5.41, 5.74) is 0.213. The van der Waals surface area contributed by atoms with Crippen molar-refractivity contribution in [1.29, 1.82) is 0 Å². The Morgan fingerprint density at radius 2 is 1.85 bits per heavy atom. The topological polar surface area (TPSA) is 95.7 Å². The summed E-state index contributed by atoms with van der Waals surface area (Å²) in [4.78, 5) is 34.5. The van der Waals surface area contributed by atoms with Gasteiger partial charge in [0.05, 0.1) is 11.5 Å². The number of nitro benzene ring substituents is 1. The molecule has 0 N–H and O–H groups in total. The Kier molecular flexibility index (Phi) is 7.31. The van der Waals surface area contributed by atoms with Crippen LogP contribution in [0.1, 0.15) is 40.5 Å². The normalized spacial score (nSPS) is 10.3. The number of hydrogen-bond donors (Lipinski definition) is 0. The van der Waals surface area contributed by atoms with Crippen LogP contribution in [0.5, 0.6) is 5.75 Å². The van der Waals surface area contributed by atoms with Gasteiger partial charge in [-0.25, -0.2) is 4.79 Å². The summed E-state index contributed by atoms with van der Waals surface area (Å²) in [5, 5.41) is 11.0. The van der Waals surface area contributed by atoms with Crippen molar-refractivity contribution in [3.8, 4) is 5.75 Å². The number of nitro groups is 1. The van der Waals surface area contributed by atoms with Gasteiger partial charge in [-0.05, 0) is 36.8 Å². The van der Waals surface area contributed by atoms with Crippen molar-refractivity contribution < 1.29 is 24.0 Å². The minimum Gasteiger partial charge on any atom is -0.493 e. The van der Waals surface area contributed by atoms with Gasteiger partial charge >= 0.3 is 5.97 Å². The summed E-state index contributed by atoms with van der Waals surface area (Å²) in [6.07, 6.45) is 1.77. The van der Waals surface area contributed by atoms with Crippen LogP contribution in [0.3, 0.4) is 0 Å². The fourth-order valence-electron chi connectivity index (χ4n) is 2.18. The van der Waals surface area contributed by atoms with Crippen molar-refractivity contribution in [3.63, 3.8) is 0 Å². The molecule has 0 aliphatic rings. The number of esters is 1. The summed E-state index contributed by atoms with van der Waals surface area (Å²) in [7, 11) is 0. The lowest BCUT2D eigenvalue weighted by atomic mass is 10.1. The zero-order valence-corrected chi connectivity index (χ0v) is 15.4. The molecule has 0 fully saturated rings. The van der Waals surface area contributed by atoms with Gasteiger partial charge in [-0.1, -0.05) is 24.9 Å². The van der Waals surface area contributed by atoms with E-state index in [1.54, 1.807) is 12.1 Å². The molecule has 0 aromatic heterocycles. The van der Waals surface area contributed by atoms with E-state index in [0.29, 0.717) is 17.4 Å². The number of ether oxygens (including phenoxy) is 2. The smallest absolute Gasteiger partial charge is 0.342 e. The number of benzene rings is 2. The van der Waals surface area contributed by atoms with Crippen LogP contribution in [-0.2, 0) is 4.74 Å². The number of non-ortho nitro benzene ring substituents is 1. The van der Waals surface area contributed by atoms with Crippen LogP contribution in [0.25, 0.3) is 0 Å². The first-order chi connectivity index (χ1) is 12.9. The average molecular weight is 392 g/mol. The predicted molar refractivity (Wildman–Crippen MR) is 99.6 cm³/mol. The molecule has 27 heavy (non-hydrogen) atoms. The second kappa shape index (κ2) is 9.68. The van der Waals surface area contributed by atoms with Gasteiger partial charge in [0.1, 0.15) is 11.3 Å². The Balaban J connectivity index is 2.03. The lowest BCUT2D eigenvalue weighted by molar-refractivity contribution is -0.384. The molecule has 0 bridgehead atoms. The Labute approximate surface area is 161 Å². The van der Waals surface area contributed by atoms with Crippen LogP contribution in [0.15, 0.2) is 42.5 Å². The number of rotatable bonds is 9. The summed E-state index contributed by atoms with van der Waals surface area (Å²) in [5.74, 6) is -0.881. The fraction of sp³-hybridized carbons (Fsp3) is 0.263. The molecule has 8 heteroatoms. The molecular formula is C19H18ClNO6. The second-order valence-corrected chi connectivity index (χ2v) is 6.08. The van der Waals surface area contributed by atoms with Gasteiger partial charge in [0.2, 0.25) is 0 Å². The highest BCUT2D eigenvalue weighted by molar-refractivity contribution is 6.31. The minimum absolute atomic E-state index is 0.128. The molecule has 0 heterocycles. The lowest BCUT2D eigenvalue weighted by Crippen LogP contribution is -2.15. The quantitative estimate of drug-likeness (QED) is 0.206. The maximum atomic E-state index is 12.3. The number of nitrogens with zero attached hydrogens (tertiary/aromatic N) is 1. The van der Waals surface area contributed by atoms with Crippen molar-refractivity contribution >= 4 is 29.0 Å². The van der Waals surface area contributed by atoms with Gasteiger partial charge in [-0.3, -0.25) is 14.9 Å². The molecule has 0 unspecified atom stereocenters. The van der Waals surface area contributed by atoms with Crippen molar-refractivity contribution in [2.75, 3.05) is 13.2 Å².